The maximum Gasteiger partial charge on any atom is 0.101 e. The average Bonchev–Trinajstić information content (AvgIpc) is 3.28. The van der Waals surface area contributed by atoms with E-state index < -0.39 is 0 Å². The van der Waals surface area contributed by atoms with Crippen molar-refractivity contribution < 1.29 is 0 Å². The van der Waals surface area contributed by atoms with E-state index in [4.69, 9.17) is 4.98 Å². The topological polar surface area (TPSA) is 24.9 Å². The third kappa shape index (κ3) is 2.53. The molecule has 1 heterocycles. The first kappa shape index (κ1) is 13.5. The van der Waals surface area contributed by atoms with E-state index in [-0.39, 0.29) is 0 Å². The number of aryl methyl sites for hydroxylation is 1. The van der Waals surface area contributed by atoms with Crippen molar-refractivity contribution in [1.82, 2.24) is 10.3 Å². The number of thiazole rings is 1. The number of benzene rings is 1. The van der Waals surface area contributed by atoms with Gasteiger partial charge in [-0.1, -0.05) is 24.3 Å². The van der Waals surface area contributed by atoms with E-state index in [2.05, 4.69) is 29.6 Å². The molecule has 0 radical (unpaired) electrons. The van der Waals surface area contributed by atoms with Crippen LogP contribution in [0.2, 0.25) is 0 Å². The molecule has 21 heavy (non-hydrogen) atoms. The van der Waals surface area contributed by atoms with Gasteiger partial charge in [0.2, 0.25) is 0 Å². The highest BCUT2D eigenvalue weighted by atomic mass is 32.1. The molecule has 2 aliphatic rings. The smallest absolute Gasteiger partial charge is 0.101 e. The van der Waals surface area contributed by atoms with E-state index in [9.17, 15) is 0 Å². The van der Waals surface area contributed by atoms with Crippen molar-refractivity contribution in [2.45, 2.75) is 50.5 Å². The maximum absolute atomic E-state index is 5.09. The number of nitrogens with one attached hydrogen (secondary N) is 1. The number of nitrogens with zero attached hydrogens (tertiary/aromatic N) is 1. The van der Waals surface area contributed by atoms with Gasteiger partial charge in [0, 0.05) is 23.3 Å². The highest BCUT2D eigenvalue weighted by molar-refractivity contribution is 7.11. The van der Waals surface area contributed by atoms with Crippen LogP contribution in [-0.2, 0) is 13.0 Å². The maximum atomic E-state index is 5.09. The summed E-state index contributed by atoms with van der Waals surface area (Å²) in [6, 6.07) is 8.96. The molecule has 1 aromatic heterocycles. The Bertz CT molecular complexity index is 642. The van der Waals surface area contributed by atoms with Crippen LogP contribution in [0.15, 0.2) is 24.3 Å². The largest absolute Gasteiger partial charge is 0.315 e. The lowest BCUT2D eigenvalue weighted by Crippen LogP contribution is -2.10. The Hall–Kier alpha value is -1.19. The second-order valence-corrected chi connectivity index (χ2v) is 7.42. The molecule has 0 aliphatic heterocycles. The van der Waals surface area contributed by atoms with Crippen molar-refractivity contribution in [2.75, 3.05) is 7.05 Å². The molecule has 1 unspecified atom stereocenters. The first-order valence-corrected chi connectivity index (χ1v) is 8.90. The first-order chi connectivity index (χ1) is 10.4. The molecule has 1 aromatic carbocycles. The van der Waals surface area contributed by atoms with Crippen LogP contribution in [0.25, 0.3) is 0 Å². The fourth-order valence-electron chi connectivity index (χ4n) is 3.50. The molecule has 2 aromatic rings. The van der Waals surface area contributed by atoms with Crippen LogP contribution < -0.4 is 5.32 Å². The number of hydrogen-bond acceptors (Lipinski definition) is 3. The lowest BCUT2D eigenvalue weighted by molar-refractivity contribution is 0.612. The van der Waals surface area contributed by atoms with Crippen LogP contribution in [0.5, 0.6) is 0 Å². The minimum Gasteiger partial charge on any atom is -0.315 e. The summed E-state index contributed by atoms with van der Waals surface area (Å²) >= 11 is 1.95. The molecule has 1 fully saturated rings. The van der Waals surface area contributed by atoms with Crippen molar-refractivity contribution in [3.05, 3.63) is 51.0 Å². The number of hydrogen-bond donors (Lipinski definition) is 1. The quantitative estimate of drug-likeness (QED) is 0.914. The molecule has 0 saturated heterocycles. The summed E-state index contributed by atoms with van der Waals surface area (Å²) in [6.45, 7) is 0.970. The minimum atomic E-state index is 0.531. The summed E-state index contributed by atoms with van der Waals surface area (Å²) in [7, 11) is 2.03. The first-order valence-electron chi connectivity index (χ1n) is 8.08. The Kier molecular flexibility index (Phi) is 3.56. The monoisotopic (exact) mass is 298 g/mol. The molecule has 1 atom stereocenters. The Balaban J connectivity index is 1.72. The zero-order valence-electron chi connectivity index (χ0n) is 12.6. The van der Waals surface area contributed by atoms with Crippen LogP contribution >= 0.6 is 11.3 Å². The molecule has 4 rings (SSSR count). The predicted octanol–water partition coefficient (Wildman–Crippen LogP) is 4.21. The van der Waals surface area contributed by atoms with Gasteiger partial charge in [0.05, 0.1) is 5.69 Å². The van der Waals surface area contributed by atoms with Crippen LogP contribution in [0.1, 0.15) is 64.2 Å². The minimum absolute atomic E-state index is 0.531. The summed E-state index contributed by atoms with van der Waals surface area (Å²) in [5, 5.41) is 4.67. The van der Waals surface area contributed by atoms with Gasteiger partial charge in [0.25, 0.3) is 0 Å². The van der Waals surface area contributed by atoms with E-state index in [0.29, 0.717) is 5.92 Å². The predicted molar refractivity (Wildman–Crippen MR) is 88.1 cm³/mol. The molecule has 3 heteroatoms. The van der Waals surface area contributed by atoms with Crippen molar-refractivity contribution in [1.29, 1.82) is 0 Å². The molecule has 1 saturated carbocycles. The zero-order valence-corrected chi connectivity index (χ0v) is 13.4. The van der Waals surface area contributed by atoms with Gasteiger partial charge in [0.15, 0.2) is 0 Å². The molecule has 110 valence electrons. The van der Waals surface area contributed by atoms with E-state index in [0.717, 1.165) is 12.5 Å². The van der Waals surface area contributed by atoms with Gasteiger partial charge < -0.3 is 5.32 Å². The lowest BCUT2D eigenvalue weighted by atomic mass is 9.83. The standard InChI is InChI=1S/C18H22N2S/c1-19-11-16-17(13-9-10-13)20-18(21-16)15-8-4-6-12-5-2-3-7-14(12)15/h2-3,5,7,13,15,19H,4,6,8-11H2,1H3. The van der Waals surface area contributed by atoms with Crippen molar-refractivity contribution in [3.63, 3.8) is 0 Å². The Morgan fingerprint density at radius 3 is 2.90 bits per heavy atom. The molecule has 1 N–H and O–H groups in total. The van der Waals surface area contributed by atoms with E-state index in [1.165, 1.54) is 58.8 Å². The van der Waals surface area contributed by atoms with Gasteiger partial charge in [-0.15, -0.1) is 11.3 Å². The average molecular weight is 298 g/mol. The Morgan fingerprint density at radius 1 is 1.24 bits per heavy atom. The summed E-state index contributed by atoms with van der Waals surface area (Å²) in [4.78, 5) is 6.56. The van der Waals surface area contributed by atoms with Crippen LogP contribution in [-0.4, -0.2) is 12.0 Å². The van der Waals surface area contributed by atoms with Crippen molar-refractivity contribution in [2.24, 2.45) is 0 Å². The third-order valence-electron chi connectivity index (χ3n) is 4.71. The molecule has 0 spiro atoms. The van der Waals surface area contributed by atoms with Crippen LogP contribution in [0.3, 0.4) is 0 Å². The van der Waals surface area contributed by atoms with Crippen molar-refractivity contribution in [3.8, 4) is 0 Å². The van der Waals surface area contributed by atoms with Gasteiger partial charge >= 0.3 is 0 Å². The second-order valence-electron chi connectivity index (χ2n) is 6.31. The Labute approximate surface area is 130 Å². The lowest BCUT2D eigenvalue weighted by Gasteiger charge is -2.23. The van der Waals surface area contributed by atoms with Gasteiger partial charge in [-0.05, 0) is 50.3 Å². The van der Waals surface area contributed by atoms with Gasteiger partial charge in [-0.2, -0.15) is 0 Å². The fraction of sp³-hybridized carbons (Fsp3) is 0.500. The van der Waals surface area contributed by atoms with E-state index >= 15 is 0 Å². The van der Waals surface area contributed by atoms with Crippen molar-refractivity contribution >= 4 is 11.3 Å². The molecule has 2 aliphatic carbocycles. The second kappa shape index (κ2) is 5.54. The molecular weight excluding hydrogens is 276 g/mol. The molecule has 0 amide bonds. The van der Waals surface area contributed by atoms with Gasteiger partial charge in [-0.3, -0.25) is 0 Å². The summed E-state index contributed by atoms with van der Waals surface area (Å²) in [6.07, 6.45) is 6.45. The summed E-state index contributed by atoms with van der Waals surface area (Å²) in [5.74, 6) is 1.28. The normalized spacial score (nSPS) is 21.3. The SMILES string of the molecule is CNCc1sc(C2CCCc3ccccc32)nc1C1CC1. The zero-order chi connectivity index (χ0) is 14.2. The van der Waals surface area contributed by atoms with E-state index in [1.54, 1.807) is 0 Å². The van der Waals surface area contributed by atoms with Crippen LogP contribution in [0.4, 0.5) is 0 Å². The molecular formula is C18H22N2S. The highest BCUT2D eigenvalue weighted by Crippen LogP contribution is 2.45. The van der Waals surface area contributed by atoms with Gasteiger partial charge in [0.1, 0.15) is 5.01 Å². The number of aromatic nitrogens is 1. The molecule has 0 bridgehead atoms. The van der Waals surface area contributed by atoms with E-state index in [1.807, 2.05) is 18.4 Å². The third-order valence-corrected chi connectivity index (χ3v) is 5.90. The Morgan fingerprint density at radius 2 is 2.10 bits per heavy atom. The van der Waals surface area contributed by atoms with Crippen LogP contribution in [0, 0.1) is 0 Å². The summed E-state index contributed by atoms with van der Waals surface area (Å²) < 4.78 is 0. The van der Waals surface area contributed by atoms with Gasteiger partial charge in [-0.25, -0.2) is 4.98 Å². The molecule has 2 nitrogen and oxygen atoms in total. The highest BCUT2D eigenvalue weighted by Gasteiger charge is 2.32. The fourth-order valence-corrected chi connectivity index (χ4v) is 4.82. The number of fused-ring (bicyclic) bond motifs is 1. The number of rotatable bonds is 4. The summed E-state index contributed by atoms with van der Waals surface area (Å²) in [5.41, 5.74) is 4.45.